The van der Waals surface area contributed by atoms with Gasteiger partial charge in [0.25, 0.3) is 0 Å². The largest absolute Gasteiger partial charge is 0.335 e. The lowest BCUT2D eigenvalue weighted by atomic mass is 9.79. The van der Waals surface area contributed by atoms with Crippen LogP contribution in [0.2, 0.25) is 0 Å². The molecule has 226 valence electrons. The fourth-order valence-corrected chi connectivity index (χ4v) is 10.1. The molecule has 0 saturated heterocycles. The Balaban J connectivity index is 1.53. The van der Waals surface area contributed by atoms with Crippen LogP contribution in [0.3, 0.4) is 0 Å². The molecular weight excluding hydrogens is 566 g/mol. The summed E-state index contributed by atoms with van der Waals surface area (Å²) in [6.45, 7) is 17.8. The van der Waals surface area contributed by atoms with E-state index in [4.69, 9.17) is 18.1 Å². The van der Waals surface area contributed by atoms with Crippen LogP contribution in [0.25, 0.3) is 22.3 Å². The highest BCUT2D eigenvalue weighted by Crippen LogP contribution is 2.58. The SMILES string of the molecule is CCOP(=O)(Cc1ccc2c(c1)C(C)(C)c1cc3c(cc1-2)C(C)(C)c1cc(CP(=O)(OCC)OCC)ccc1-3)OCC. The topological polar surface area (TPSA) is 71.1 Å². The molecule has 0 unspecified atom stereocenters. The summed E-state index contributed by atoms with van der Waals surface area (Å²) in [6.07, 6.45) is 0.514. The summed E-state index contributed by atoms with van der Waals surface area (Å²) in [5.74, 6) is 0. The van der Waals surface area contributed by atoms with E-state index in [9.17, 15) is 9.13 Å². The van der Waals surface area contributed by atoms with E-state index in [1.54, 1.807) is 0 Å². The lowest BCUT2D eigenvalue weighted by Crippen LogP contribution is -2.17. The molecule has 0 spiro atoms. The normalized spacial score (nSPS) is 16.2. The van der Waals surface area contributed by atoms with Crippen molar-refractivity contribution in [2.24, 2.45) is 0 Å². The summed E-state index contributed by atoms with van der Waals surface area (Å²) >= 11 is 0. The molecule has 0 amide bonds. The van der Waals surface area contributed by atoms with Gasteiger partial charge in [0.1, 0.15) is 0 Å². The molecule has 3 aromatic rings. The van der Waals surface area contributed by atoms with Gasteiger partial charge in [-0.15, -0.1) is 0 Å². The fourth-order valence-electron chi connectivity index (χ4n) is 6.74. The molecule has 0 aromatic heterocycles. The third-order valence-corrected chi connectivity index (χ3v) is 12.8. The van der Waals surface area contributed by atoms with E-state index >= 15 is 0 Å². The van der Waals surface area contributed by atoms with E-state index in [1.165, 1.54) is 44.5 Å². The molecule has 0 bridgehead atoms. The molecule has 0 radical (unpaired) electrons. The van der Waals surface area contributed by atoms with E-state index in [-0.39, 0.29) is 23.2 Å². The van der Waals surface area contributed by atoms with Crippen LogP contribution in [0.4, 0.5) is 0 Å². The van der Waals surface area contributed by atoms with Gasteiger partial charge in [-0.05, 0) is 95.5 Å². The van der Waals surface area contributed by atoms with Crippen molar-refractivity contribution in [3.05, 3.63) is 81.9 Å². The Kier molecular flexibility index (Phi) is 8.57. The van der Waals surface area contributed by atoms with Gasteiger partial charge in [-0.2, -0.15) is 0 Å². The summed E-state index contributed by atoms with van der Waals surface area (Å²) in [4.78, 5) is 0. The van der Waals surface area contributed by atoms with Crippen LogP contribution in [0.1, 0.15) is 88.8 Å². The van der Waals surface area contributed by atoms with Crippen molar-refractivity contribution < 1.29 is 27.2 Å². The molecule has 0 fully saturated rings. The first-order valence-electron chi connectivity index (χ1n) is 15.0. The maximum Gasteiger partial charge on any atom is 0.335 e. The van der Waals surface area contributed by atoms with Gasteiger partial charge in [0.15, 0.2) is 0 Å². The van der Waals surface area contributed by atoms with Crippen molar-refractivity contribution in [2.75, 3.05) is 26.4 Å². The van der Waals surface area contributed by atoms with Crippen molar-refractivity contribution in [1.29, 1.82) is 0 Å². The fraction of sp³-hybridized carbons (Fsp3) is 0.471. The zero-order chi connectivity index (χ0) is 30.5. The summed E-state index contributed by atoms with van der Waals surface area (Å²) < 4.78 is 48.9. The molecule has 2 aliphatic rings. The molecule has 42 heavy (non-hydrogen) atoms. The Morgan fingerprint density at radius 2 is 0.810 bits per heavy atom. The molecule has 0 saturated carbocycles. The van der Waals surface area contributed by atoms with Crippen LogP contribution < -0.4 is 0 Å². The minimum absolute atomic E-state index is 0.231. The highest BCUT2D eigenvalue weighted by Gasteiger charge is 2.42. The highest BCUT2D eigenvalue weighted by molar-refractivity contribution is 7.53. The second-order valence-electron chi connectivity index (χ2n) is 12.2. The predicted octanol–water partition coefficient (Wildman–Crippen LogP) is 9.83. The lowest BCUT2D eigenvalue weighted by molar-refractivity contribution is 0.218. The Hall–Kier alpha value is -2.04. The summed E-state index contributed by atoms with van der Waals surface area (Å²) in [6, 6.07) is 17.6. The van der Waals surface area contributed by atoms with Gasteiger partial charge < -0.3 is 18.1 Å². The number of hydrogen-bond donors (Lipinski definition) is 0. The van der Waals surface area contributed by atoms with E-state index in [0.29, 0.717) is 26.4 Å². The maximum absolute atomic E-state index is 13.3. The third-order valence-electron chi connectivity index (χ3n) is 8.65. The zero-order valence-corrected chi connectivity index (χ0v) is 28.0. The number of fused-ring (bicyclic) bond motifs is 6. The van der Waals surface area contributed by atoms with Crippen LogP contribution in [0, 0.1) is 0 Å². The van der Waals surface area contributed by atoms with Crippen molar-refractivity contribution in [2.45, 2.75) is 78.5 Å². The molecule has 0 aliphatic heterocycles. The minimum Gasteiger partial charge on any atom is -0.309 e. The van der Waals surface area contributed by atoms with Gasteiger partial charge in [0.2, 0.25) is 0 Å². The third kappa shape index (κ3) is 5.40. The summed E-state index contributed by atoms with van der Waals surface area (Å²) in [7, 11) is -6.41. The van der Waals surface area contributed by atoms with Gasteiger partial charge >= 0.3 is 15.2 Å². The van der Waals surface area contributed by atoms with Gasteiger partial charge in [0.05, 0.1) is 38.8 Å². The molecule has 0 N–H and O–H groups in total. The first-order chi connectivity index (χ1) is 19.8. The van der Waals surface area contributed by atoms with E-state index in [1.807, 2.05) is 27.7 Å². The second-order valence-corrected chi connectivity index (χ2v) is 16.3. The van der Waals surface area contributed by atoms with Crippen molar-refractivity contribution in [1.82, 2.24) is 0 Å². The van der Waals surface area contributed by atoms with Crippen LogP contribution in [-0.4, -0.2) is 26.4 Å². The molecule has 0 heterocycles. The lowest BCUT2D eigenvalue weighted by Gasteiger charge is -2.25. The Bertz CT molecular complexity index is 1470. The average molecular weight is 611 g/mol. The number of benzene rings is 3. The predicted molar refractivity (Wildman–Crippen MR) is 171 cm³/mol. The standard InChI is InChI=1S/C34H44O6P2/c1-9-37-41(35,38-10-2)21-23-13-15-25-27-19-32-28(20-31(27)33(5,6)29(25)17-23)26-16-14-24(18-30(26)34(32,7)8)22-42(36,39-11-3)40-12-4/h13-20H,9-12,21-22H2,1-8H3. The van der Waals surface area contributed by atoms with Gasteiger partial charge in [-0.25, -0.2) is 0 Å². The van der Waals surface area contributed by atoms with Crippen molar-refractivity contribution >= 4 is 15.2 Å². The average Bonchev–Trinajstić information content (AvgIpc) is 3.27. The summed E-state index contributed by atoms with van der Waals surface area (Å²) in [5, 5.41) is 0. The molecular formula is C34H44O6P2. The van der Waals surface area contributed by atoms with Crippen LogP contribution in [0.15, 0.2) is 48.5 Å². The smallest absolute Gasteiger partial charge is 0.309 e. The molecule has 2 aliphatic carbocycles. The highest BCUT2D eigenvalue weighted by atomic mass is 31.2. The first kappa shape index (κ1) is 31.4. The van der Waals surface area contributed by atoms with Crippen molar-refractivity contribution in [3.63, 3.8) is 0 Å². The molecule has 8 heteroatoms. The molecule has 5 rings (SSSR count). The van der Waals surface area contributed by atoms with Crippen LogP contribution >= 0.6 is 15.2 Å². The molecule has 6 nitrogen and oxygen atoms in total. The van der Waals surface area contributed by atoms with Crippen LogP contribution in [0.5, 0.6) is 0 Å². The second kappa shape index (κ2) is 11.5. The first-order valence-corrected chi connectivity index (χ1v) is 18.5. The zero-order valence-electron chi connectivity index (χ0n) is 26.2. The Labute approximate surface area is 251 Å². The Morgan fingerprint density at radius 3 is 1.12 bits per heavy atom. The van der Waals surface area contributed by atoms with Crippen LogP contribution in [-0.2, 0) is 50.4 Å². The van der Waals surface area contributed by atoms with Crippen molar-refractivity contribution in [3.8, 4) is 22.3 Å². The minimum atomic E-state index is -3.21. The van der Waals surface area contributed by atoms with E-state index in [0.717, 1.165) is 11.1 Å². The van der Waals surface area contributed by atoms with E-state index in [2.05, 4.69) is 76.2 Å². The number of rotatable bonds is 12. The van der Waals surface area contributed by atoms with E-state index < -0.39 is 15.2 Å². The quantitative estimate of drug-likeness (QED) is 0.190. The molecule has 3 aromatic carbocycles. The maximum atomic E-state index is 13.3. The Morgan fingerprint density at radius 1 is 0.500 bits per heavy atom. The summed E-state index contributed by atoms with van der Waals surface area (Å²) in [5.41, 5.74) is 11.4. The molecule has 0 atom stereocenters. The van der Waals surface area contributed by atoms with Gasteiger partial charge in [-0.3, -0.25) is 9.13 Å². The number of hydrogen-bond acceptors (Lipinski definition) is 6. The monoisotopic (exact) mass is 610 g/mol. The van der Waals surface area contributed by atoms with Gasteiger partial charge in [0, 0.05) is 10.8 Å². The van der Waals surface area contributed by atoms with Gasteiger partial charge in [-0.1, -0.05) is 64.1 Å².